The van der Waals surface area contributed by atoms with Crippen molar-refractivity contribution in [1.82, 2.24) is 4.98 Å². The van der Waals surface area contributed by atoms with E-state index in [1.54, 1.807) is 7.11 Å². The minimum atomic E-state index is 0.484. The van der Waals surface area contributed by atoms with Gasteiger partial charge in [0.05, 0.1) is 7.11 Å². The summed E-state index contributed by atoms with van der Waals surface area (Å²) >= 11 is 0. The summed E-state index contributed by atoms with van der Waals surface area (Å²) in [6, 6.07) is 11.9. The third-order valence-corrected chi connectivity index (χ3v) is 2.96. The molecular weight excluding hydrogens is 238 g/mol. The number of nitrogens with zero attached hydrogens (tertiary/aromatic N) is 1. The Labute approximate surface area is 113 Å². The molecule has 2 rings (SSSR count). The van der Waals surface area contributed by atoms with Gasteiger partial charge in [-0.15, -0.1) is 0 Å². The quantitative estimate of drug-likeness (QED) is 0.864. The molecule has 0 fully saturated rings. The Morgan fingerprint density at radius 1 is 1.16 bits per heavy atom. The molecule has 0 amide bonds. The van der Waals surface area contributed by atoms with E-state index >= 15 is 0 Å². The van der Waals surface area contributed by atoms with Crippen molar-refractivity contribution in [2.24, 2.45) is 5.73 Å². The molecular formula is C15H19N3O. The molecule has 2 aromatic rings. The van der Waals surface area contributed by atoms with E-state index in [1.807, 2.05) is 43.3 Å². The Kier molecular flexibility index (Phi) is 4.36. The molecule has 1 heterocycles. The number of methoxy groups -OCH3 is 1. The summed E-state index contributed by atoms with van der Waals surface area (Å²) in [4.78, 5) is 4.48. The lowest BCUT2D eigenvalue weighted by Gasteiger charge is -2.11. The summed E-state index contributed by atoms with van der Waals surface area (Å²) in [6.07, 6.45) is 0. The molecule has 0 aliphatic rings. The van der Waals surface area contributed by atoms with Crippen LogP contribution in [0.3, 0.4) is 0 Å². The Hall–Kier alpha value is -2.07. The van der Waals surface area contributed by atoms with Crippen LogP contribution in [0.2, 0.25) is 0 Å². The number of benzene rings is 1. The number of ether oxygens (including phenoxy) is 1. The predicted molar refractivity (Wildman–Crippen MR) is 77.2 cm³/mol. The fourth-order valence-electron chi connectivity index (χ4n) is 1.83. The molecule has 3 N–H and O–H groups in total. The summed E-state index contributed by atoms with van der Waals surface area (Å²) in [5, 5.41) is 3.33. The zero-order chi connectivity index (χ0) is 13.7. The Morgan fingerprint density at radius 3 is 2.53 bits per heavy atom. The van der Waals surface area contributed by atoms with Crippen LogP contribution in [0.15, 0.2) is 36.4 Å². The number of nitrogens with one attached hydrogen (secondary N) is 1. The maximum absolute atomic E-state index is 5.71. The van der Waals surface area contributed by atoms with Gasteiger partial charge in [-0.2, -0.15) is 0 Å². The van der Waals surface area contributed by atoms with Gasteiger partial charge in [-0.05, 0) is 30.7 Å². The minimum absolute atomic E-state index is 0.484. The van der Waals surface area contributed by atoms with Crippen LogP contribution in [0, 0.1) is 6.92 Å². The number of pyridine rings is 1. The fraction of sp³-hybridized carbons (Fsp3) is 0.267. The van der Waals surface area contributed by atoms with Crippen LogP contribution in [-0.4, -0.2) is 12.1 Å². The Morgan fingerprint density at radius 2 is 1.89 bits per heavy atom. The highest BCUT2D eigenvalue weighted by atomic mass is 16.5. The van der Waals surface area contributed by atoms with E-state index in [0.717, 1.165) is 22.8 Å². The fourth-order valence-corrected chi connectivity index (χ4v) is 1.83. The summed E-state index contributed by atoms with van der Waals surface area (Å²) in [5.41, 5.74) is 8.89. The Balaban J connectivity index is 2.07. The molecule has 0 aliphatic heterocycles. The second-order valence-corrected chi connectivity index (χ2v) is 4.37. The first kappa shape index (κ1) is 13.4. The molecule has 0 radical (unpaired) electrons. The van der Waals surface area contributed by atoms with Gasteiger partial charge < -0.3 is 15.8 Å². The van der Waals surface area contributed by atoms with E-state index in [4.69, 9.17) is 10.5 Å². The van der Waals surface area contributed by atoms with Gasteiger partial charge in [-0.1, -0.05) is 18.2 Å². The molecule has 1 aromatic heterocycles. The molecule has 19 heavy (non-hydrogen) atoms. The van der Waals surface area contributed by atoms with Crippen LogP contribution in [0.5, 0.6) is 5.75 Å². The molecule has 4 heteroatoms. The molecule has 0 aliphatic carbocycles. The Bertz CT molecular complexity index is 538. The van der Waals surface area contributed by atoms with Crippen molar-refractivity contribution in [3.8, 4) is 5.75 Å². The van der Waals surface area contributed by atoms with Crippen molar-refractivity contribution in [2.75, 3.05) is 12.4 Å². The topological polar surface area (TPSA) is 60.2 Å². The van der Waals surface area contributed by atoms with Crippen LogP contribution in [-0.2, 0) is 13.1 Å². The third-order valence-electron chi connectivity index (χ3n) is 2.96. The first-order valence-electron chi connectivity index (χ1n) is 6.26. The van der Waals surface area contributed by atoms with E-state index in [-0.39, 0.29) is 0 Å². The van der Waals surface area contributed by atoms with Crippen molar-refractivity contribution in [3.63, 3.8) is 0 Å². The van der Waals surface area contributed by atoms with Crippen molar-refractivity contribution >= 4 is 5.82 Å². The van der Waals surface area contributed by atoms with Gasteiger partial charge in [0.25, 0.3) is 0 Å². The highest BCUT2D eigenvalue weighted by molar-refractivity contribution is 5.45. The normalized spacial score (nSPS) is 10.3. The number of aromatic nitrogens is 1. The number of nitrogens with two attached hydrogens (primary N) is 1. The predicted octanol–water partition coefficient (Wildman–Crippen LogP) is 2.47. The number of anilines is 1. The van der Waals surface area contributed by atoms with E-state index in [2.05, 4.69) is 10.3 Å². The van der Waals surface area contributed by atoms with E-state index in [1.165, 1.54) is 5.56 Å². The molecule has 0 spiro atoms. The first-order valence-corrected chi connectivity index (χ1v) is 6.26. The number of hydrogen-bond acceptors (Lipinski definition) is 4. The van der Waals surface area contributed by atoms with Gasteiger partial charge in [0.15, 0.2) is 0 Å². The second kappa shape index (κ2) is 6.20. The zero-order valence-electron chi connectivity index (χ0n) is 11.3. The summed E-state index contributed by atoms with van der Waals surface area (Å²) in [6.45, 7) is 3.17. The van der Waals surface area contributed by atoms with Gasteiger partial charge in [0, 0.05) is 24.3 Å². The van der Waals surface area contributed by atoms with Gasteiger partial charge in [0.1, 0.15) is 11.6 Å². The molecule has 4 nitrogen and oxygen atoms in total. The number of aryl methyl sites for hydroxylation is 1. The third kappa shape index (κ3) is 3.45. The second-order valence-electron chi connectivity index (χ2n) is 4.37. The van der Waals surface area contributed by atoms with Crippen LogP contribution < -0.4 is 15.8 Å². The average Bonchev–Trinajstić information content (AvgIpc) is 2.46. The monoisotopic (exact) mass is 257 g/mol. The van der Waals surface area contributed by atoms with Gasteiger partial charge in [0.2, 0.25) is 0 Å². The molecule has 1 aromatic carbocycles. The highest BCUT2D eigenvalue weighted by Gasteiger charge is 2.03. The SMILES string of the molecule is COc1ccc(CNc2nc(C)ccc2CN)cc1. The smallest absolute Gasteiger partial charge is 0.131 e. The summed E-state index contributed by atoms with van der Waals surface area (Å²) < 4.78 is 5.13. The van der Waals surface area contributed by atoms with Gasteiger partial charge >= 0.3 is 0 Å². The van der Waals surface area contributed by atoms with Crippen molar-refractivity contribution in [2.45, 2.75) is 20.0 Å². The molecule has 0 unspecified atom stereocenters. The van der Waals surface area contributed by atoms with Crippen LogP contribution in [0.25, 0.3) is 0 Å². The van der Waals surface area contributed by atoms with Crippen LogP contribution in [0.4, 0.5) is 5.82 Å². The lowest BCUT2D eigenvalue weighted by Crippen LogP contribution is -2.08. The number of hydrogen-bond donors (Lipinski definition) is 2. The maximum Gasteiger partial charge on any atom is 0.131 e. The van der Waals surface area contributed by atoms with Crippen LogP contribution >= 0.6 is 0 Å². The zero-order valence-corrected chi connectivity index (χ0v) is 11.3. The minimum Gasteiger partial charge on any atom is -0.497 e. The van der Waals surface area contributed by atoms with Crippen molar-refractivity contribution in [1.29, 1.82) is 0 Å². The lowest BCUT2D eigenvalue weighted by molar-refractivity contribution is 0.414. The molecule has 0 saturated carbocycles. The summed E-state index contributed by atoms with van der Waals surface area (Å²) in [7, 11) is 1.66. The lowest BCUT2D eigenvalue weighted by atomic mass is 10.2. The van der Waals surface area contributed by atoms with Crippen LogP contribution in [0.1, 0.15) is 16.8 Å². The van der Waals surface area contributed by atoms with E-state index < -0.39 is 0 Å². The molecule has 100 valence electrons. The first-order chi connectivity index (χ1) is 9.22. The largest absolute Gasteiger partial charge is 0.497 e. The maximum atomic E-state index is 5.71. The molecule has 0 saturated heterocycles. The van der Waals surface area contributed by atoms with E-state index in [0.29, 0.717) is 13.1 Å². The van der Waals surface area contributed by atoms with Crippen molar-refractivity contribution in [3.05, 3.63) is 53.2 Å². The standard InChI is InChI=1S/C15H19N3O/c1-11-3-6-13(9-16)15(18-11)17-10-12-4-7-14(19-2)8-5-12/h3-8H,9-10,16H2,1-2H3,(H,17,18). The number of rotatable bonds is 5. The van der Waals surface area contributed by atoms with Gasteiger partial charge in [-0.25, -0.2) is 4.98 Å². The van der Waals surface area contributed by atoms with E-state index in [9.17, 15) is 0 Å². The average molecular weight is 257 g/mol. The highest BCUT2D eigenvalue weighted by Crippen LogP contribution is 2.16. The molecule has 0 atom stereocenters. The van der Waals surface area contributed by atoms with Gasteiger partial charge in [-0.3, -0.25) is 0 Å². The summed E-state index contributed by atoms with van der Waals surface area (Å²) in [5.74, 6) is 1.72. The van der Waals surface area contributed by atoms with Crippen molar-refractivity contribution < 1.29 is 4.74 Å². The molecule has 0 bridgehead atoms.